The lowest BCUT2D eigenvalue weighted by molar-refractivity contribution is 0.450. The van der Waals surface area contributed by atoms with Crippen molar-refractivity contribution in [2.24, 2.45) is 4.99 Å². The molecule has 0 aromatic heterocycles. The number of hydrogen-bond acceptors (Lipinski definition) is 2. The van der Waals surface area contributed by atoms with E-state index in [9.17, 15) is 0 Å². The number of fused-ring (bicyclic) bond motifs is 2. The van der Waals surface area contributed by atoms with Gasteiger partial charge in [0.15, 0.2) is 0 Å². The molecule has 2 aromatic carbocycles. The molecular weight excluding hydrogens is 244 g/mol. The van der Waals surface area contributed by atoms with E-state index in [2.05, 4.69) is 59.5 Å². The number of rotatable bonds is 1. The molecule has 2 heteroatoms. The molecule has 0 radical (unpaired) electrons. The van der Waals surface area contributed by atoms with Crippen LogP contribution in [0.15, 0.2) is 59.6 Å². The van der Waals surface area contributed by atoms with E-state index < -0.39 is 0 Å². The molecule has 2 aliphatic rings. The van der Waals surface area contributed by atoms with E-state index in [1.165, 1.54) is 28.9 Å². The third-order valence-electron chi connectivity index (χ3n) is 4.30. The summed E-state index contributed by atoms with van der Waals surface area (Å²) in [7, 11) is 0. The van der Waals surface area contributed by atoms with Crippen molar-refractivity contribution < 1.29 is 0 Å². The van der Waals surface area contributed by atoms with Crippen LogP contribution in [0.3, 0.4) is 0 Å². The molecule has 1 atom stereocenters. The summed E-state index contributed by atoms with van der Waals surface area (Å²) in [4.78, 5) is 7.54. The summed E-state index contributed by atoms with van der Waals surface area (Å²) in [5.74, 6) is 1.29. The summed E-state index contributed by atoms with van der Waals surface area (Å²) in [5.41, 5.74) is 4.07. The fraction of sp³-hybridized carbons (Fsp3) is 0.278. The van der Waals surface area contributed by atoms with Crippen molar-refractivity contribution in [3.05, 3.63) is 71.3 Å². The van der Waals surface area contributed by atoms with Gasteiger partial charge in [-0.15, -0.1) is 0 Å². The predicted octanol–water partition coefficient (Wildman–Crippen LogP) is 3.78. The molecule has 2 aliphatic heterocycles. The molecule has 0 aliphatic carbocycles. The van der Waals surface area contributed by atoms with Crippen LogP contribution in [-0.2, 0) is 6.54 Å². The van der Waals surface area contributed by atoms with Gasteiger partial charge < -0.3 is 4.90 Å². The highest BCUT2D eigenvalue weighted by molar-refractivity contribution is 5.85. The van der Waals surface area contributed by atoms with E-state index in [0.29, 0.717) is 0 Å². The van der Waals surface area contributed by atoms with Crippen LogP contribution in [0, 0.1) is 0 Å². The molecule has 0 saturated carbocycles. The van der Waals surface area contributed by atoms with E-state index in [-0.39, 0.29) is 6.04 Å². The minimum Gasteiger partial charge on any atom is -0.356 e. The Labute approximate surface area is 119 Å². The van der Waals surface area contributed by atoms with Crippen molar-refractivity contribution in [3.8, 4) is 0 Å². The molecule has 0 bridgehead atoms. The minimum absolute atomic E-state index is 0.158. The summed E-state index contributed by atoms with van der Waals surface area (Å²) in [5, 5.41) is 0. The Morgan fingerprint density at radius 3 is 2.65 bits per heavy atom. The van der Waals surface area contributed by atoms with Crippen LogP contribution >= 0.6 is 0 Å². The van der Waals surface area contributed by atoms with Gasteiger partial charge in [0.1, 0.15) is 11.9 Å². The molecule has 1 unspecified atom stereocenters. The summed E-state index contributed by atoms with van der Waals surface area (Å²) < 4.78 is 0. The molecule has 2 nitrogen and oxygen atoms in total. The Hall–Kier alpha value is -2.09. The van der Waals surface area contributed by atoms with Crippen LogP contribution in [0.25, 0.3) is 0 Å². The second kappa shape index (κ2) is 4.78. The van der Waals surface area contributed by atoms with Crippen molar-refractivity contribution in [3.63, 3.8) is 0 Å². The molecule has 20 heavy (non-hydrogen) atoms. The molecule has 1 saturated heterocycles. The SMILES string of the molecule is c1ccc(C2N=C3CCCN3Cc3ccccc32)cc1. The summed E-state index contributed by atoms with van der Waals surface area (Å²) in [6.07, 6.45) is 2.36. The van der Waals surface area contributed by atoms with Crippen molar-refractivity contribution in [2.45, 2.75) is 25.4 Å². The van der Waals surface area contributed by atoms with E-state index >= 15 is 0 Å². The average molecular weight is 262 g/mol. The van der Waals surface area contributed by atoms with Crippen LogP contribution < -0.4 is 0 Å². The van der Waals surface area contributed by atoms with Crippen LogP contribution in [0.2, 0.25) is 0 Å². The van der Waals surface area contributed by atoms with Gasteiger partial charge in [0.2, 0.25) is 0 Å². The van der Waals surface area contributed by atoms with E-state index in [1.807, 2.05) is 0 Å². The first-order valence-electron chi connectivity index (χ1n) is 7.36. The van der Waals surface area contributed by atoms with Gasteiger partial charge in [-0.25, -0.2) is 0 Å². The fourth-order valence-corrected chi connectivity index (χ4v) is 3.29. The number of benzene rings is 2. The first-order valence-corrected chi connectivity index (χ1v) is 7.36. The Bertz CT molecular complexity index is 645. The molecule has 2 aromatic rings. The maximum atomic E-state index is 5.09. The maximum absolute atomic E-state index is 5.09. The molecule has 4 rings (SSSR count). The highest BCUT2D eigenvalue weighted by atomic mass is 15.2. The van der Waals surface area contributed by atoms with Crippen molar-refractivity contribution in [1.82, 2.24) is 4.90 Å². The van der Waals surface area contributed by atoms with Crippen LogP contribution in [0.5, 0.6) is 0 Å². The quantitative estimate of drug-likeness (QED) is 0.763. The second-order valence-electron chi connectivity index (χ2n) is 5.58. The fourth-order valence-electron chi connectivity index (χ4n) is 3.29. The normalized spacial score (nSPS) is 20.9. The third kappa shape index (κ3) is 1.92. The molecule has 100 valence electrons. The zero-order valence-electron chi connectivity index (χ0n) is 11.5. The zero-order valence-corrected chi connectivity index (χ0v) is 11.5. The number of aliphatic imine (C=N–C) groups is 1. The van der Waals surface area contributed by atoms with Crippen molar-refractivity contribution >= 4 is 5.84 Å². The Morgan fingerprint density at radius 2 is 1.75 bits per heavy atom. The number of nitrogens with zero attached hydrogens (tertiary/aromatic N) is 2. The summed E-state index contributed by atoms with van der Waals surface area (Å²) in [6.45, 7) is 2.16. The smallest absolute Gasteiger partial charge is 0.102 e. The lowest BCUT2D eigenvalue weighted by Crippen LogP contribution is -2.23. The molecule has 0 N–H and O–H groups in total. The highest BCUT2D eigenvalue weighted by Gasteiger charge is 2.27. The number of hydrogen-bond donors (Lipinski definition) is 0. The van der Waals surface area contributed by atoms with Gasteiger partial charge in [-0.1, -0.05) is 54.6 Å². The van der Waals surface area contributed by atoms with Gasteiger partial charge in [-0.2, -0.15) is 0 Å². The first-order chi connectivity index (χ1) is 9.92. The summed E-state index contributed by atoms with van der Waals surface area (Å²) >= 11 is 0. The Kier molecular flexibility index (Phi) is 2.80. The predicted molar refractivity (Wildman–Crippen MR) is 81.8 cm³/mol. The van der Waals surface area contributed by atoms with Gasteiger partial charge >= 0.3 is 0 Å². The lowest BCUT2D eigenvalue weighted by atomic mass is 9.95. The van der Waals surface area contributed by atoms with Gasteiger partial charge in [-0.3, -0.25) is 4.99 Å². The van der Waals surface area contributed by atoms with Crippen LogP contribution in [0.1, 0.15) is 35.6 Å². The molecule has 1 fully saturated rings. The molecular formula is C18H18N2. The van der Waals surface area contributed by atoms with E-state index in [1.54, 1.807) is 0 Å². The molecule has 2 heterocycles. The lowest BCUT2D eigenvalue weighted by Gasteiger charge is -2.17. The Balaban J connectivity index is 1.88. The Morgan fingerprint density at radius 1 is 0.950 bits per heavy atom. The summed E-state index contributed by atoms with van der Waals surface area (Å²) in [6, 6.07) is 19.6. The monoisotopic (exact) mass is 262 g/mol. The first kappa shape index (κ1) is 11.7. The number of amidine groups is 1. The standard InChI is InChI=1S/C18H18N2/c1-2-7-14(8-3-1)18-16-10-5-4-9-15(16)13-20-12-6-11-17(20)19-18/h1-5,7-10,18H,6,11-13H2. The van der Waals surface area contributed by atoms with Gasteiger partial charge in [0.25, 0.3) is 0 Å². The van der Waals surface area contributed by atoms with E-state index in [4.69, 9.17) is 4.99 Å². The van der Waals surface area contributed by atoms with Crippen molar-refractivity contribution in [2.75, 3.05) is 6.54 Å². The van der Waals surface area contributed by atoms with Crippen molar-refractivity contribution in [1.29, 1.82) is 0 Å². The van der Waals surface area contributed by atoms with Crippen LogP contribution in [-0.4, -0.2) is 17.3 Å². The van der Waals surface area contributed by atoms with E-state index in [0.717, 1.165) is 19.5 Å². The topological polar surface area (TPSA) is 15.6 Å². The molecule has 0 amide bonds. The highest BCUT2D eigenvalue weighted by Crippen LogP contribution is 2.34. The van der Waals surface area contributed by atoms with Gasteiger partial charge in [0.05, 0.1) is 0 Å². The van der Waals surface area contributed by atoms with Gasteiger partial charge in [0, 0.05) is 19.5 Å². The average Bonchev–Trinajstić information content (AvgIpc) is 2.87. The minimum atomic E-state index is 0.158. The van der Waals surface area contributed by atoms with Gasteiger partial charge in [-0.05, 0) is 23.1 Å². The molecule has 0 spiro atoms. The van der Waals surface area contributed by atoms with Crippen LogP contribution in [0.4, 0.5) is 0 Å². The zero-order chi connectivity index (χ0) is 13.4. The third-order valence-corrected chi connectivity index (χ3v) is 4.30. The second-order valence-corrected chi connectivity index (χ2v) is 5.58. The maximum Gasteiger partial charge on any atom is 0.102 e. The largest absolute Gasteiger partial charge is 0.356 e.